The molecule has 1 N–H and O–H groups in total. The predicted octanol–water partition coefficient (Wildman–Crippen LogP) is 2.14. The molecule has 0 saturated carbocycles. The lowest BCUT2D eigenvalue weighted by Crippen LogP contribution is -2.29. The van der Waals surface area contributed by atoms with E-state index in [-0.39, 0.29) is 23.8 Å². The molecular formula is C21H23N3O4S. The van der Waals surface area contributed by atoms with Crippen molar-refractivity contribution in [3.8, 4) is 5.75 Å². The molecule has 1 fully saturated rings. The molecule has 0 radical (unpaired) electrons. The second kappa shape index (κ2) is 7.87. The van der Waals surface area contributed by atoms with Crippen LogP contribution in [0.25, 0.3) is 0 Å². The van der Waals surface area contributed by atoms with Gasteiger partial charge in [0.2, 0.25) is 5.91 Å². The Bertz CT molecular complexity index is 1050. The number of nitrogens with one attached hydrogen (secondary N) is 1. The molecule has 8 heteroatoms. The topological polar surface area (TPSA) is 88.1 Å². The molecule has 0 bridgehead atoms. The molecule has 0 aromatic heterocycles. The fourth-order valence-corrected chi connectivity index (χ4v) is 5.06. The molecule has 4 rings (SSSR count). The highest BCUT2D eigenvalue weighted by Gasteiger charge is 2.30. The zero-order valence-corrected chi connectivity index (χ0v) is 17.0. The van der Waals surface area contributed by atoms with Crippen LogP contribution in [0.15, 0.2) is 58.4 Å². The highest BCUT2D eigenvalue weighted by Crippen LogP contribution is 2.29. The van der Waals surface area contributed by atoms with Crippen molar-refractivity contribution in [2.24, 2.45) is 4.99 Å². The Balaban J connectivity index is 1.34. The summed E-state index contributed by atoms with van der Waals surface area (Å²) in [6, 6.07) is 14.7. The van der Waals surface area contributed by atoms with Gasteiger partial charge in [-0.1, -0.05) is 24.3 Å². The van der Waals surface area contributed by atoms with Gasteiger partial charge in [0.1, 0.15) is 11.6 Å². The van der Waals surface area contributed by atoms with Crippen molar-refractivity contribution in [2.75, 3.05) is 26.7 Å². The number of likely N-dealkylation sites (tertiary alicyclic amines) is 1. The van der Waals surface area contributed by atoms with Crippen molar-refractivity contribution in [2.45, 2.75) is 23.7 Å². The number of nitrogens with zero attached hydrogens (tertiary/aromatic N) is 2. The maximum Gasteiger partial charge on any atom is 0.263 e. The summed E-state index contributed by atoms with van der Waals surface area (Å²) in [7, 11) is -1.91. The minimum Gasteiger partial charge on any atom is -0.497 e. The summed E-state index contributed by atoms with van der Waals surface area (Å²) < 4.78 is 31.9. The lowest BCUT2D eigenvalue weighted by atomic mass is 9.98. The van der Waals surface area contributed by atoms with Gasteiger partial charge in [-0.05, 0) is 36.2 Å². The molecule has 0 spiro atoms. The van der Waals surface area contributed by atoms with E-state index in [4.69, 9.17) is 4.74 Å². The molecule has 29 heavy (non-hydrogen) atoms. The number of sulfonamides is 1. The number of hydrogen-bond acceptors (Lipinski definition) is 5. The second-order valence-electron chi connectivity index (χ2n) is 7.18. The van der Waals surface area contributed by atoms with E-state index in [1.54, 1.807) is 31.4 Å². The van der Waals surface area contributed by atoms with E-state index in [2.05, 4.69) is 9.71 Å². The van der Waals surface area contributed by atoms with Crippen molar-refractivity contribution >= 4 is 21.8 Å². The van der Waals surface area contributed by atoms with Gasteiger partial charge in [-0.2, -0.15) is 0 Å². The summed E-state index contributed by atoms with van der Waals surface area (Å²) in [4.78, 5) is 19.0. The largest absolute Gasteiger partial charge is 0.497 e. The summed E-state index contributed by atoms with van der Waals surface area (Å²) in [6.45, 7) is 1.66. The van der Waals surface area contributed by atoms with Crippen molar-refractivity contribution in [3.05, 3.63) is 59.7 Å². The molecule has 1 unspecified atom stereocenters. The molecule has 0 aliphatic carbocycles. The van der Waals surface area contributed by atoms with Crippen LogP contribution < -0.4 is 9.46 Å². The molecule has 2 aromatic carbocycles. The van der Waals surface area contributed by atoms with Crippen molar-refractivity contribution in [1.82, 2.24) is 9.62 Å². The number of aliphatic imine (C=N–C) groups is 1. The smallest absolute Gasteiger partial charge is 0.263 e. The van der Waals surface area contributed by atoms with Crippen LogP contribution in [0.2, 0.25) is 0 Å². The first-order valence-electron chi connectivity index (χ1n) is 9.56. The molecule has 152 valence electrons. The summed E-state index contributed by atoms with van der Waals surface area (Å²) >= 11 is 0. The third kappa shape index (κ3) is 3.98. The van der Waals surface area contributed by atoms with Gasteiger partial charge < -0.3 is 9.64 Å². The lowest BCUT2D eigenvalue weighted by molar-refractivity contribution is -0.129. The molecule has 2 aliphatic rings. The summed E-state index contributed by atoms with van der Waals surface area (Å²) in [5, 5.41) is 0. The Morgan fingerprint density at radius 2 is 1.97 bits per heavy atom. The van der Waals surface area contributed by atoms with Crippen LogP contribution in [0.5, 0.6) is 5.75 Å². The third-order valence-corrected chi connectivity index (χ3v) is 6.78. The predicted molar refractivity (Wildman–Crippen MR) is 110 cm³/mol. The first kappa shape index (κ1) is 19.4. The number of carbonyl (C=O) groups is 1. The van der Waals surface area contributed by atoms with Crippen LogP contribution in [-0.4, -0.2) is 51.8 Å². The Morgan fingerprint density at radius 3 is 2.72 bits per heavy atom. The van der Waals surface area contributed by atoms with Gasteiger partial charge in [-0.3, -0.25) is 14.5 Å². The number of fused-ring (bicyclic) bond motifs is 1. The molecule has 2 aromatic rings. The first-order chi connectivity index (χ1) is 14.0. The molecule has 1 atom stereocenters. The first-order valence-corrected chi connectivity index (χ1v) is 11.0. The highest BCUT2D eigenvalue weighted by atomic mass is 32.2. The highest BCUT2D eigenvalue weighted by molar-refractivity contribution is 7.90. The van der Waals surface area contributed by atoms with E-state index in [0.29, 0.717) is 23.9 Å². The minimum atomic E-state index is -3.55. The fraction of sp³-hybridized carbons (Fsp3) is 0.333. The number of hydrogen-bond donors (Lipinski definition) is 1. The number of benzene rings is 2. The van der Waals surface area contributed by atoms with Crippen LogP contribution in [0.1, 0.15) is 29.9 Å². The molecular weight excluding hydrogens is 390 g/mol. The van der Waals surface area contributed by atoms with E-state index in [0.717, 1.165) is 18.7 Å². The van der Waals surface area contributed by atoms with Crippen LogP contribution in [0, 0.1) is 0 Å². The zero-order valence-electron chi connectivity index (χ0n) is 16.2. The van der Waals surface area contributed by atoms with E-state index in [9.17, 15) is 13.2 Å². The van der Waals surface area contributed by atoms with Gasteiger partial charge in [0.15, 0.2) is 0 Å². The third-order valence-electron chi connectivity index (χ3n) is 5.39. The van der Waals surface area contributed by atoms with Gasteiger partial charge in [-0.15, -0.1) is 0 Å². The van der Waals surface area contributed by atoms with E-state index in [1.165, 1.54) is 5.56 Å². The lowest BCUT2D eigenvalue weighted by Gasteiger charge is -2.16. The van der Waals surface area contributed by atoms with Gasteiger partial charge in [0.05, 0.1) is 18.6 Å². The zero-order chi connectivity index (χ0) is 20.4. The number of amides is 1. The number of rotatable bonds is 5. The SMILES string of the molecule is COc1ccc(C2CCN(C(=O)CCN=C3NS(=O)(=O)c4ccccc43)C2)cc1. The molecule has 2 aliphatic heterocycles. The Kier molecular flexibility index (Phi) is 5.27. The Hall–Kier alpha value is -2.87. The van der Waals surface area contributed by atoms with E-state index >= 15 is 0 Å². The second-order valence-corrected chi connectivity index (χ2v) is 8.83. The quantitative estimate of drug-likeness (QED) is 0.814. The summed E-state index contributed by atoms with van der Waals surface area (Å²) in [5.41, 5.74) is 1.76. The molecule has 1 saturated heterocycles. The Labute approximate surface area is 170 Å². The Morgan fingerprint density at radius 1 is 1.21 bits per heavy atom. The van der Waals surface area contributed by atoms with Gasteiger partial charge in [-0.25, -0.2) is 8.42 Å². The summed E-state index contributed by atoms with van der Waals surface area (Å²) in [6.07, 6.45) is 1.18. The molecule has 2 heterocycles. The van der Waals surface area contributed by atoms with Crippen molar-refractivity contribution < 1.29 is 17.9 Å². The van der Waals surface area contributed by atoms with E-state index in [1.807, 2.05) is 29.2 Å². The van der Waals surface area contributed by atoms with Gasteiger partial charge >= 0.3 is 0 Å². The number of ether oxygens (including phenoxy) is 1. The average molecular weight is 413 g/mol. The van der Waals surface area contributed by atoms with Crippen molar-refractivity contribution in [3.63, 3.8) is 0 Å². The number of carbonyl (C=O) groups excluding carboxylic acids is 1. The maximum atomic E-state index is 12.6. The normalized spacial score (nSPS) is 21.1. The average Bonchev–Trinajstić information content (AvgIpc) is 3.32. The van der Waals surface area contributed by atoms with E-state index < -0.39 is 10.0 Å². The van der Waals surface area contributed by atoms with Crippen molar-refractivity contribution in [1.29, 1.82) is 0 Å². The van der Waals surface area contributed by atoms with Gasteiger partial charge in [0, 0.05) is 31.0 Å². The van der Waals surface area contributed by atoms with Gasteiger partial charge in [0.25, 0.3) is 10.0 Å². The van der Waals surface area contributed by atoms with Crippen LogP contribution in [0.4, 0.5) is 0 Å². The monoisotopic (exact) mass is 413 g/mol. The minimum absolute atomic E-state index is 0.0412. The fourth-order valence-electron chi connectivity index (χ4n) is 3.81. The standard InChI is InChI=1S/C21H23N3O4S/c1-28-17-8-6-15(7-9-17)16-11-13-24(14-16)20(25)10-12-22-21-18-4-2-3-5-19(18)29(26,27)23-21/h2-9,16H,10-14H2,1H3,(H,22,23). The summed E-state index contributed by atoms with van der Waals surface area (Å²) in [5.74, 6) is 1.50. The van der Waals surface area contributed by atoms with Crippen LogP contribution in [0.3, 0.4) is 0 Å². The maximum absolute atomic E-state index is 12.6. The molecule has 1 amide bonds. The van der Waals surface area contributed by atoms with Crippen LogP contribution >= 0.6 is 0 Å². The number of amidine groups is 1. The van der Waals surface area contributed by atoms with Crippen LogP contribution in [-0.2, 0) is 14.8 Å². The molecule has 7 nitrogen and oxygen atoms in total. The number of methoxy groups -OCH3 is 1.